The van der Waals surface area contributed by atoms with Crippen LogP contribution in [-0.2, 0) is 10.2 Å². The summed E-state index contributed by atoms with van der Waals surface area (Å²) >= 11 is 0. The highest BCUT2D eigenvalue weighted by molar-refractivity contribution is 6.03. The smallest absolute Gasteiger partial charge is 0.291 e. The van der Waals surface area contributed by atoms with Crippen LogP contribution in [0.1, 0.15) is 54.5 Å². The molecule has 164 valence electrons. The third-order valence-corrected chi connectivity index (χ3v) is 6.64. The molecule has 2 saturated heterocycles. The van der Waals surface area contributed by atoms with Crippen LogP contribution in [0, 0.1) is 17.2 Å². The molecule has 2 fully saturated rings. The van der Waals surface area contributed by atoms with Gasteiger partial charge in [-0.25, -0.2) is 4.98 Å². The van der Waals surface area contributed by atoms with Crippen molar-refractivity contribution in [2.75, 3.05) is 43.1 Å². The average Bonchev–Trinajstić information content (AvgIpc) is 3.30. The van der Waals surface area contributed by atoms with Crippen molar-refractivity contribution < 1.29 is 14.6 Å². The summed E-state index contributed by atoms with van der Waals surface area (Å²) in [7, 11) is 0. The van der Waals surface area contributed by atoms with Crippen LogP contribution in [-0.4, -0.2) is 53.9 Å². The molecule has 0 atom stereocenters. The Hall–Kier alpha value is -2.89. The summed E-state index contributed by atoms with van der Waals surface area (Å²) in [6.45, 7) is 5.44. The molecule has 0 aliphatic carbocycles. The Kier molecular flexibility index (Phi) is 6.25. The number of aromatic nitrogens is 2. The third kappa shape index (κ3) is 4.43. The van der Waals surface area contributed by atoms with Crippen molar-refractivity contribution in [2.45, 2.75) is 38.0 Å². The van der Waals surface area contributed by atoms with Crippen molar-refractivity contribution in [3.63, 3.8) is 0 Å². The Morgan fingerprint density at radius 1 is 1.39 bits per heavy atom. The normalized spacial score (nSPS) is 19.1. The molecule has 3 N–H and O–H groups in total. The van der Waals surface area contributed by atoms with Crippen molar-refractivity contribution in [3.8, 4) is 6.07 Å². The molecule has 0 radical (unpaired) electrons. The summed E-state index contributed by atoms with van der Waals surface area (Å²) in [6.07, 6.45) is 5.16. The number of imidazole rings is 1. The summed E-state index contributed by atoms with van der Waals surface area (Å²) in [5, 5.41) is 22.2. The lowest BCUT2D eigenvalue weighted by Gasteiger charge is -2.38. The van der Waals surface area contributed by atoms with Crippen molar-refractivity contribution >= 4 is 17.3 Å². The molecular weight excluding hydrogens is 394 g/mol. The number of hydrogen-bond acceptors (Lipinski definition) is 6. The molecule has 2 aromatic rings. The number of benzene rings is 1. The zero-order chi connectivity index (χ0) is 21.8. The SMILES string of the molecule is CC1CCN(c2cc(C3(CO)CCOCC3)ccc2NC(=O)c2nc(C#N)c[nH]2)CC1. The summed E-state index contributed by atoms with van der Waals surface area (Å²) in [6, 6.07) is 7.96. The molecular formula is C23H29N5O3. The first-order valence-electron chi connectivity index (χ1n) is 10.9. The Labute approximate surface area is 182 Å². The zero-order valence-corrected chi connectivity index (χ0v) is 17.9. The van der Waals surface area contributed by atoms with E-state index in [9.17, 15) is 9.90 Å². The minimum absolute atomic E-state index is 0.0713. The molecule has 0 bridgehead atoms. The first kappa shape index (κ1) is 21.3. The van der Waals surface area contributed by atoms with Gasteiger partial charge < -0.3 is 25.0 Å². The number of amides is 1. The number of aromatic amines is 1. The predicted octanol–water partition coefficient (Wildman–Crippen LogP) is 2.81. The lowest BCUT2D eigenvalue weighted by Crippen LogP contribution is -2.38. The first-order valence-corrected chi connectivity index (χ1v) is 10.9. The fourth-order valence-corrected chi connectivity index (χ4v) is 4.46. The van der Waals surface area contributed by atoms with Crippen LogP contribution >= 0.6 is 0 Å². The second-order valence-electron chi connectivity index (χ2n) is 8.65. The van der Waals surface area contributed by atoms with Crippen LogP contribution in [0.4, 0.5) is 11.4 Å². The highest BCUT2D eigenvalue weighted by atomic mass is 16.5. The van der Waals surface area contributed by atoms with Crippen LogP contribution in [0.3, 0.4) is 0 Å². The summed E-state index contributed by atoms with van der Waals surface area (Å²) in [5.41, 5.74) is 2.61. The van der Waals surface area contributed by atoms with Crippen LogP contribution in [0.25, 0.3) is 0 Å². The number of nitrogens with zero attached hydrogens (tertiary/aromatic N) is 3. The van der Waals surface area contributed by atoms with Crippen molar-refractivity contribution in [1.82, 2.24) is 9.97 Å². The summed E-state index contributed by atoms with van der Waals surface area (Å²) < 4.78 is 5.53. The molecule has 31 heavy (non-hydrogen) atoms. The van der Waals surface area contributed by atoms with Gasteiger partial charge in [-0.3, -0.25) is 4.79 Å². The number of nitrogens with one attached hydrogen (secondary N) is 2. The van der Waals surface area contributed by atoms with Gasteiger partial charge in [0.25, 0.3) is 5.91 Å². The standard InChI is InChI=1S/C23H29N5O3/c1-16-4-8-28(9-5-16)20-12-17(23(15-29)6-10-31-11-7-23)2-3-19(20)27-22(30)21-25-14-18(13-24)26-21/h2-3,12,14,16,29H,4-11,15H2,1H3,(H,25,26)(H,27,30). The van der Waals surface area contributed by atoms with E-state index in [0.717, 1.165) is 50.0 Å². The van der Waals surface area contributed by atoms with E-state index in [1.807, 2.05) is 18.2 Å². The number of aliphatic hydroxyl groups excluding tert-OH is 1. The van der Waals surface area contributed by atoms with E-state index in [1.54, 1.807) is 0 Å². The quantitative estimate of drug-likeness (QED) is 0.681. The number of piperidine rings is 1. The van der Waals surface area contributed by atoms with Crippen LogP contribution in [0.5, 0.6) is 0 Å². The molecule has 8 nitrogen and oxygen atoms in total. The number of anilines is 2. The molecule has 0 unspecified atom stereocenters. The van der Waals surface area contributed by atoms with Crippen molar-refractivity contribution in [2.24, 2.45) is 5.92 Å². The van der Waals surface area contributed by atoms with Crippen LogP contribution < -0.4 is 10.2 Å². The predicted molar refractivity (Wildman–Crippen MR) is 117 cm³/mol. The molecule has 2 aliphatic rings. The average molecular weight is 424 g/mol. The maximum atomic E-state index is 12.7. The minimum atomic E-state index is -0.385. The van der Waals surface area contributed by atoms with E-state index >= 15 is 0 Å². The van der Waals surface area contributed by atoms with Gasteiger partial charge in [0.2, 0.25) is 0 Å². The number of carbonyl (C=O) groups is 1. The van der Waals surface area contributed by atoms with Gasteiger partial charge in [-0.1, -0.05) is 13.0 Å². The Morgan fingerprint density at radius 2 is 2.13 bits per heavy atom. The number of ether oxygens (including phenoxy) is 1. The van der Waals surface area contributed by atoms with Crippen LogP contribution in [0.2, 0.25) is 0 Å². The number of aliphatic hydroxyl groups is 1. The molecule has 1 aromatic heterocycles. The van der Waals surface area contributed by atoms with E-state index in [1.165, 1.54) is 6.20 Å². The van der Waals surface area contributed by atoms with E-state index < -0.39 is 0 Å². The summed E-state index contributed by atoms with van der Waals surface area (Å²) in [4.78, 5) is 21.8. The van der Waals surface area contributed by atoms with Gasteiger partial charge in [-0.15, -0.1) is 0 Å². The highest BCUT2D eigenvalue weighted by Gasteiger charge is 2.35. The van der Waals surface area contributed by atoms with E-state index in [2.05, 4.69) is 33.2 Å². The summed E-state index contributed by atoms with van der Waals surface area (Å²) in [5.74, 6) is 0.406. The molecule has 8 heteroatoms. The van der Waals surface area contributed by atoms with E-state index in [0.29, 0.717) is 24.8 Å². The molecule has 2 aliphatic heterocycles. The van der Waals surface area contributed by atoms with Gasteiger partial charge in [0, 0.05) is 37.9 Å². The van der Waals surface area contributed by atoms with Crippen LogP contribution in [0.15, 0.2) is 24.4 Å². The van der Waals surface area contributed by atoms with E-state index in [-0.39, 0.29) is 29.4 Å². The number of nitriles is 1. The number of rotatable bonds is 5. The fraction of sp³-hybridized carbons (Fsp3) is 0.522. The lowest BCUT2D eigenvalue weighted by atomic mass is 9.74. The number of carbonyl (C=O) groups excluding carboxylic acids is 1. The van der Waals surface area contributed by atoms with Gasteiger partial charge in [0.05, 0.1) is 18.0 Å². The number of hydrogen-bond donors (Lipinski definition) is 3. The molecule has 0 spiro atoms. The third-order valence-electron chi connectivity index (χ3n) is 6.64. The van der Waals surface area contributed by atoms with Gasteiger partial charge in [0.15, 0.2) is 11.5 Å². The second-order valence-corrected chi connectivity index (χ2v) is 8.65. The van der Waals surface area contributed by atoms with E-state index in [4.69, 9.17) is 10.00 Å². The maximum Gasteiger partial charge on any atom is 0.291 e. The Balaban J connectivity index is 1.66. The molecule has 4 rings (SSSR count). The van der Waals surface area contributed by atoms with Crippen molar-refractivity contribution in [1.29, 1.82) is 5.26 Å². The Bertz CT molecular complexity index is 966. The molecule has 0 saturated carbocycles. The monoisotopic (exact) mass is 423 g/mol. The Morgan fingerprint density at radius 3 is 2.77 bits per heavy atom. The zero-order valence-electron chi connectivity index (χ0n) is 17.9. The second kappa shape index (κ2) is 9.08. The van der Waals surface area contributed by atoms with Crippen molar-refractivity contribution in [3.05, 3.63) is 41.5 Å². The lowest BCUT2D eigenvalue weighted by molar-refractivity contribution is 0.0253. The first-order chi connectivity index (χ1) is 15.0. The topological polar surface area (TPSA) is 114 Å². The molecule has 1 amide bonds. The van der Waals surface area contributed by atoms with Gasteiger partial charge in [-0.2, -0.15) is 5.26 Å². The number of H-pyrrole nitrogens is 1. The van der Waals surface area contributed by atoms with Gasteiger partial charge >= 0.3 is 0 Å². The van der Waals surface area contributed by atoms with Gasteiger partial charge in [-0.05, 0) is 49.3 Å². The highest BCUT2D eigenvalue weighted by Crippen LogP contribution is 2.39. The molecule has 3 heterocycles. The molecule has 1 aromatic carbocycles. The fourth-order valence-electron chi connectivity index (χ4n) is 4.46. The largest absolute Gasteiger partial charge is 0.395 e. The maximum absolute atomic E-state index is 12.7. The van der Waals surface area contributed by atoms with Gasteiger partial charge in [0.1, 0.15) is 6.07 Å². The minimum Gasteiger partial charge on any atom is -0.395 e.